The molecule has 1 unspecified atom stereocenters. The number of carbonyl (C=O) groups is 5. The fourth-order valence-electron chi connectivity index (χ4n) is 7.37. The molecule has 3 aromatic rings. The molecule has 22 heteroatoms. The fraction of sp³-hybridized carbons (Fsp3) is 0.529. The van der Waals surface area contributed by atoms with Crippen LogP contribution in [-0.4, -0.2) is 165 Å². The first-order valence-electron chi connectivity index (χ1n) is 24.0. The third kappa shape index (κ3) is 21.5. The van der Waals surface area contributed by atoms with Gasteiger partial charge in [-0.3, -0.25) is 28.9 Å². The van der Waals surface area contributed by atoms with E-state index in [0.717, 1.165) is 21.7 Å². The summed E-state index contributed by atoms with van der Waals surface area (Å²) in [6.07, 6.45) is 1.81. The molecule has 0 aliphatic carbocycles. The van der Waals surface area contributed by atoms with Crippen molar-refractivity contribution in [3.8, 4) is 5.75 Å². The second-order valence-electron chi connectivity index (χ2n) is 16.2. The van der Waals surface area contributed by atoms with Crippen LogP contribution in [0, 0.1) is 11.9 Å². The number of anilines is 1. The monoisotopic (exact) mass is 1030 g/mol. The fourth-order valence-corrected chi connectivity index (χ4v) is 7.37. The van der Waals surface area contributed by atoms with E-state index in [9.17, 15) is 28.4 Å². The molecule has 0 radical (unpaired) electrons. The number of nitrogens with one attached hydrogen (secondary N) is 3. The summed E-state index contributed by atoms with van der Waals surface area (Å²) in [5.41, 5.74) is 11.2. The summed E-state index contributed by atoms with van der Waals surface area (Å²) in [7, 11) is 0. The second kappa shape index (κ2) is 35.1. The van der Waals surface area contributed by atoms with Gasteiger partial charge in [-0.05, 0) is 23.8 Å². The van der Waals surface area contributed by atoms with Crippen molar-refractivity contribution in [2.75, 3.05) is 130 Å². The predicted octanol–water partition coefficient (Wildman–Crippen LogP) is 3.23. The van der Waals surface area contributed by atoms with Crippen LogP contribution in [0.15, 0.2) is 66.9 Å². The Morgan fingerprint density at radius 2 is 1.22 bits per heavy atom. The third-order valence-corrected chi connectivity index (χ3v) is 11.0. The smallest absolute Gasteiger partial charge is 0.255 e. The molecule has 0 bridgehead atoms. The van der Waals surface area contributed by atoms with Gasteiger partial charge in [0, 0.05) is 75.1 Å². The molecular weight excluding hydrogens is 951 g/mol. The summed E-state index contributed by atoms with van der Waals surface area (Å²) < 4.78 is 57.7. The van der Waals surface area contributed by atoms with Crippen molar-refractivity contribution < 1.29 is 66.3 Å². The summed E-state index contributed by atoms with van der Waals surface area (Å²) in [6, 6.07) is 18.4. The van der Waals surface area contributed by atoms with Crippen LogP contribution in [0.5, 0.6) is 5.75 Å². The number of carbonyl (C=O) groups excluding carboxylic acids is 5. The minimum Gasteiger partial charge on any atom is -0.486 e. The molecule has 2 aromatic carbocycles. The average molecular weight is 1030 g/mol. The number of nitrogens with zero attached hydrogens (tertiary/aromatic N) is 3. The number of pyridine rings is 1. The highest BCUT2D eigenvalue weighted by atomic mass is 18.2. The largest absolute Gasteiger partial charge is 0.486 e. The van der Waals surface area contributed by atoms with Gasteiger partial charge >= 0.3 is 0 Å². The molecule has 5 rings (SSSR count). The standard InChI is InChI=1S/C50H68FN7O13.CH4.H3N/c1-37-35-46(62)57(50(37)63)19-13-43(59)54-17-21-65-24-27-68-30-29-67-26-23-64-20-14-44(60)53-16-12-45(61)58-36-38-7-2-3-8-39(38)48(47(52)40-9-4-5-10-41(40)58)55-18-22-66-25-28-69-31-32-70-33-34-71-42-11-6-15-56-49(42)51;;/h2-11,15,37,55H,12-14,16-36,52H2,1H3,(H,53,60)(H,54,59);1H4;1H3/b48-47-;;/i51-1;;. The van der Waals surface area contributed by atoms with Crippen molar-refractivity contribution in [1.29, 1.82) is 0 Å². The Morgan fingerprint density at radius 3 is 1.85 bits per heavy atom. The van der Waals surface area contributed by atoms with Gasteiger partial charge in [-0.15, -0.1) is 0 Å². The number of ether oxygens (including phenoxy) is 8. The summed E-state index contributed by atoms with van der Waals surface area (Å²) in [5, 5.41) is 8.99. The highest BCUT2D eigenvalue weighted by Crippen LogP contribution is 2.35. The van der Waals surface area contributed by atoms with Crippen LogP contribution in [-0.2, 0) is 63.7 Å². The molecule has 3 heterocycles. The van der Waals surface area contributed by atoms with E-state index in [1.54, 1.807) is 17.9 Å². The number of aromatic nitrogens is 1. The Labute approximate surface area is 427 Å². The van der Waals surface area contributed by atoms with Crippen molar-refractivity contribution in [2.24, 2.45) is 11.7 Å². The number of hydrogen-bond acceptors (Lipinski definition) is 17. The number of amides is 5. The molecule has 2 aliphatic rings. The van der Waals surface area contributed by atoms with Crippen LogP contribution in [0.1, 0.15) is 56.7 Å². The maximum absolute atomic E-state index is 13.8. The number of hydrogen-bond donors (Lipinski definition) is 5. The van der Waals surface area contributed by atoms with Crippen LogP contribution >= 0.6 is 0 Å². The van der Waals surface area contributed by atoms with Gasteiger partial charge in [0.15, 0.2) is 5.75 Å². The lowest BCUT2D eigenvalue weighted by Crippen LogP contribution is -2.36. The van der Waals surface area contributed by atoms with E-state index < -0.39 is 5.95 Å². The lowest BCUT2D eigenvalue weighted by Gasteiger charge is -2.30. The van der Waals surface area contributed by atoms with Crippen molar-refractivity contribution in [3.05, 3.63) is 89.5 Å². The minimum atomic E-state index is -0.659. The van der Waals surface area contributed by atoms with Gasteiger partial charge in [0.2, 0.25) is 29.5 Å². The molecule has 73 heavy (non-hydrogen) atoms. The van der Waals surface area contributed by atoms with Crippen molar-refractivity contribution in [3.63, 3.8) is 0 Å². The number of benzene rings is 2. The Bertz CT molecular complexity index is 2190. The van der Waals surface area contributed by atoms with Crippen molar-refractivity contribution in [2.45, 2.75) is 46.6 Å². The van der Waals surface area contributed by atoms with Crippen molar-refractivity contribution >= 4 is 46.6 Å². The molecule has 0 saturated carbocycles. The van der Waals surface area contributed by atoms with Crippen LogP contribution in [0.3, 0.4) is 0 Å². The van der Waals surface area contributed by atoms with E-state index in [4.69, 9.17) is 43.6 Å². The van der Waals surface area contributed by atoms with Gasteiger partial charge in [-0.1, -0.05) is 56.8 Å². The SMILES string of the molecule is C.CC1CC(=O)N(CCC(=O)NCCOCCOCCOCCOCCC(=O)NCCC(=O)N2Cc3ccccc3/C(NCCOCCOCCOCCOc3cccnc3[18F])=C(/N)c3ccccc32)C1=O.N. The van der Waals surface area contributed by atoms with Crippen LogP contribution in [0.2, 0.25) is 0 Å². The first-order chi connectivity index (χ1) is 34.6. The molecule has 8 N–H and O–H groups in total. The summed E-state index contributed by atoms with van der Waals surface area (Å²) in [6.45, 7) is 7.90. The lowest BCUT2D eigenvalue weighted by atomic mass is 9.96. The number of fused-ring (bicyclic) bond motifs is 2. The van der Waals surface area contributed by atoms with Crippen LogP contribution in [0.4, 0.5) is 10.1 Å². The lowest BCUT2D eigenvalue weighted by molar-refractivity contribution is -0.139. The van der Waals surface area contributed by atoms with Crippen molar-refractivity contribution in [1.82, 2.24) is 32.0 Å². The Morgan fingerprint density at radius 1 is 0.671 bits per heavy atom. The molecular formula is C51H75FN8O13. The van der Waals surface area contributed by atoms with Crippen LogP contribution in [0.25, 0.3) is 11.4 Å². The normalized spacial score (nSPS) is 15.1. The molecule has 0 spiro atoms. The van der Waals surface area contributed by atoms with E-state index >= 15 is 0 Å². The maximum atomic E-state index is 13.8. The van der Waals surface area contributed by atoms with E-state index in [2.05, 4.69) is 20.9 Å². The summed E-state index contributed by atoms with van der Waals surface area (Å²) in [4.78, 5) is 68.6. The number of likely N-dealkylation sites (tertiary alicyclic amines) is 1. The van der Waals surface area contributed by atoms with Gasteiger partial charge in [0.25, 0.3) is 5.95 Å². The number of para-hydroxylation sites is 1. The van der Waals surface area contributed by atoms with E-state index in [-0.39, 0.29) is 113 Å². The topological polar surface area (TPSA) is 276 Å². The molecule has 1 saturated heterocycles. The molecule has 404 valence electrons. The van der Waals surface area contributed by atoms with E-state index in [1.807, 2.05) is 48.5 Å². The van der Waals surface area contributed by atoms with E-state index in [1.165, 1.54) is 12.3 Å². The summed E-state index contributed by atoms with van der Waals surface area (Å²) in [5.74, 6) is -2.03. The number of halogens is 1. The number of imide groups is 1. The van der Waals surface area contributed by atoms with Gasteiger partial charge in [-0.2, -0.15) is 4.39 Å². The molecule has 1 aromatic heterocycles. The Hall–Kier alpha value is -6.11. The minimum absolute atomic E-state index is 0. The first kappa shape index (κ1) is 61.2. The average Bonchev–Trinajstić information content (AvgIpc) is 3.61. The highest BCUT2D eigenvalue weighted by molar-refractivity contribution is 6.03. The number of rotatable bonds is 35. The van der Waals surface area contributed by atoms with Gasteiger partial charge < -0.3 is 70.6 Å². The second-order valence-corrected chi connectivity index (χ2v) is 16.2. The Kier molecular flexibility index (Phi) is 29.4. The molecule has 21 nitrogen and oxygen atoms in total. The highest BCUT2D eigenvalue weighted by Gasteiger charge is 2.35. The Balaban J connectivity index is 0.00000703. The zero-order valence-electron chi connectivity index (χ0n) is 41.2. The number of nitrogens with two attached hydrogens (primary N) is 1. The third-order valence-electron chi connectivity index (χ3n) is 11.0. The maximum Gasteiger partial charge on any atom is 0.255 e. The zero-order chi connectivity index (χ0) is 50.5. The first-order valence-corrected chi connectivity index (χ1v) is 24.0. The molecule has 1 atom stereocenters. The molecule has 5 amide bonds. The van der Waals surface area contributed by atoms with Gasteiger partial charge in [0.05, 0.1) is 116 Å². The summed E-state index contributed by atoms with van der Waals surface area (Å²) >= 11 is 0. The van der Waals surface area contributed by atoms with E-state index in [0.29, 0.717) is 116 Å². The quantitative estimate of drug-likeness (QED) is 0.0321. The van der Waals surface area contributed by atoms with Crippen LogP contribution < -0.4 is 37.5 Å². The zero-order valence-corrected chi connectivity index (χ0v) is 41.2. The predicted molar refractivity (Wildman–Crippen MR) is 271 cm³/mol. The molecule has 1 fully saturated rings. The van der Waals surface area contributed by atoms with Gasteiger partial charge in [-0.25, -0.2) is 4.98 Å². The molecule has 2 aliphatic heterocycles. The van der Waals surface area contributed by atoms with Gasteiger partial charge in [0.1, 0.15) is 6.61 Å².